The number of hydrogen-bond acceptors (Lipinski definition) is 5. The quantitative estimate of drug-likeness (QED) is 0.586. The van der Waals surface area contributed by atoms with Gasteiger partial charge in [-0.1, -0.05) is 37.3 Å². The fourth-order valence-electron chi connectivity index (χ4n) is 3.49. The predicted octanol–water partition coefficient (Wildman–Crippen LogP) is 2.32. The molecule has 8 nitrogen and oxygen atoms in total. The molecule has 0 aliphatic rings. The van der Waals surface area contributed by atoms with Gasteiger partial charge in [-0.25, -0.2) is 8.42 Å². The lowest BCUT2D eigenvalue weighted by molar-refractivity contribution is -0.140. The summed E-state index contributed by atoms with van der Waals surface area (Å²) in [7, 11) is -0.687. The minimum atomic E-state index is -3.75. The molecule has 2 rings (SSSR count). The van der Waals surface area contributed by atoms with Crippen LogP contribution in [0, 0.1) is 6.92 Å². The summed E-state index contributed by atoms with van der Waals surface area (Å²) in [6.45, 7) is 3.31. The van der Waals surface area contributed by atoms with Gasteiger partial charge < -0.3 is 15.0 Å². The van der Waals surface area contributed by atoms with E-state index in [9.17, 15) is 18.0 Å². The molecule has 0 unspecified atom stereocenters. The van der Waals surface area contributed by atoms with Crippen molar-refractivity contribution in [1.29, 1.82) is 0 Å². The topological polar surface area (TPSA) is 96.0 Å². The van der Waals surface area contributed by atoms with Crippen molar-refractivity contribution in [3.63, 3.8) is 0 Å². The number of sulfonamides is 1. The molecule has 9 heteroatoms. The van der Waals surface area contributed by atoms with Crippen LogP contribution in [0.25, 0.3) is 0 Å². The van der Waals surface area contributed by atoms with Gasteiger partial charge >= 0.3 is 0 Å². The molecule has 0 aliphatic heterocycles. The average Bonchev–Trinajstić information content (AvgIpc) is 2.76. The summed E-state index contributed by atoms with van der Waals surface area (Å²) in [6, 6.07) is 13.4. The summed E-state index contributed by atoms with van der Waals surface area (Å²) >= 11 is 0. The van der Waals surface area contributed by atoms with Crippen molar-refractivity contribution in [3.05, 3.63) is 59.7 Å². The predicted molar refractivity (Wildman–Crippen MR) is 125 cm³/mol. The Hall–Kier alpha value is -3.07. The molecule has 0 fully saturated rings. The Bertz CT molecular complexity index is 1060. The summed E-state index contributed by atoms with van der Waals surface area (Å²) in [4.78, 5) is 27.4. The van der Waals surface area contributed by atoms with Crippen LogP contribution >= 0.6 is 0 Å². The van der Waals surface area contributed by atoms with E-state index in [1.807, 2.05) is 6.07 Å². The second-order valence-electron chi connectivity index (χ2n) is 7.47. The number of ether oxygens (including phenoxy) is 1. The first kappa shape index (κ1) is 25.2. The van der Waals surface area contributed by atoms with Crippen LogP contribution < -0.4 is 14.4 Å². The molecular weight excluding hydrogens is 430 g/mol. The van der Waals surface area contributed by atoms with Gasteiger partial charge in [0.25, 0.3) is 0 Å². The molecule has 2 aromatic rings. The summed E-state index contributed by atoms with van der Waals surface area (Å²) in [5.74, 6) is -0.164. The normalized spacial score (nSPS) is 12.0. The fraction of sp³-hybridized carbons (Fsp3) is 0.391. The molecule has 0 aliphatic carbocycles. The Balaban J connectivity index is 2.45. The maximum Gasteiger partial charge on any atom is 0.244 e. The maximum absolute atomic E-state index is 13.5. The smallest absolute Gasteiger partial charge is 0.244 e. The lowest BCUT2D eigenvalue weighted by Gasteiger charge is -2.33. The summed E-state index contributed by atoms with van der Waals surface area (Å²) in [6.07, 6.45) is 1.44. The number of anilines is 1. The Morgan fingerprint density at radius 1 is 1.12 bits per heavy atom. The zero-order valence-electron chi connectivity index (χ0n) is 19.2. The van der Waals surface area contributed by atoms with E-state index in [-0.39, 0.29) is 12.5 Å². The van der Waals surface area contributed by atoms with Gasteiger partial charge in [0.1, 0.15) is 18.3 Å². The number of para-hydroxylation sites is 1. The Morgan fingerprint density at radius 2 is 1.81 bits per heavy atom. The number of methoxy groups -OCH3 is 1. The van der Waals surface area contributed by atoms with Gasteiger partial charge in [0, 0.05) is 13.6 Å². The Morgan fingerprint density at radius 3 is 2.38 bits per heavy atom. The molecule has 2 amide bonds. The molecular formula is C23H31N3O5S. The zero-order chi connectivity index (χ0) is 23.9. The van der Waals surface area contributed by atoms with E-state index in [0.29, 0.717) is 17.9 Å². The largest absolute Gasteiger partial charge is 0.497 e. The first-order valence-electron chi connectivity index (χ1n) is 10.3. The number of carbonyl (C=O) groups excluding carboxylic acids is 2. The SMILES string of the molecule is CC[C@H](C(=O)NC)N(Cc1cccc(OC)c1)C(=O)CN(c1ccccc1C)S(C)(=O)=O. The van der Waals surface area contributed by atoms with Crippen molar-refractivity contribution in [2.24, 2.45) is 0 Å². The van der Waals surface area contributed by atoms with Gasteiger partial charge in [-0.3, -0.25) is 13.9 Å². The Labute approximate surface area is 190 Å². The highest BCUT2D eigenvalue weighted by Crippen LogP contribution is 2.23. The van der Waals surface area contributed by atoms with Crippen LogP contribution in [-0.2, 0) is 26.2 Å². The van der Waals surface area contributed by atoms with Crippen molar-refractivity contribution in [1.82, 2.24) is 10.2 Å². The number of rotatable bonds is 10. The lowest BCUT2D eigenvalue weighted by atomic mass is 10.1. The molecule has 0 saturated carbocycles. The number of carbonyl (C=O) groups is 2. The standard InChI is InChI=1S/C23H31N3O5S/c1-6-20(23(28)24-3)25(15-18-11-9-12-19(14-18)31-4)22(27)16-26(32(5,29)30)21-13-8-7-10-17(21)2/h7-14,20H,6,15-16H2,1-5H3,(H,24,28)/t20-/m1/s1. The third-order valence-corrected chi connectivity index (χ3v) is 6.31. The van der Waals surface area contributed by atoms with Gasteiger partial charge in [-0.05, 0) is 42.7 Å². The van der Waals surface area contributed by atoms with E-state index in [4.69, 9.17) is 4.74 Å². The van der Waals surface area contributed by atoms with Crippen LogP contribution in [0.15, 0.2) is 48.5 Å². The lowest BCUT2D eigenvalue weighted by Crippen LogP contribution is -2.51. The Kier molecular flexibility index (Phi) is 8.65. The van der Waals surface area contributed by atoms with Gasteiger partial charge in [-0.2, -0.15) is 0 Å². The van der Waals surface area contributed by atoms with Crippen molar-refractivity contribution < 1.29 is 22.7 Å². The van der Waals surface area contributed by atoms with Crippen molar-refractivity contribution in [2.75, 3.05) is 31.3 Å². The number of aryl methyl sites for hydroxylation is 1. The van der Waals surface area contributed by atoms with Crippen LogP contribution in [0.1, 0.15) is 24.5 Å². The van der Waals surface area contributed by atoms with Gasteiger partial charge in [-0.15, -0.1) is 0 Å². The van der Waals surface area contributed by atoms with Gasteiger partial charge in [0.15, 0.2) is 0 Å². The number of nitrogens with zero attached hydrogens (tertiary/aromatic N) is 2. The molecule has 0 saturated heterocycles. The first-order chi connectivity index (χ1) is 15.1. The minimum absolute atomic E-state index is 0.132. The molecule has 32 heavy (non-hydrogen) atoms. The van der Waals surface area contributed by atoms with E-state index >= 15 is 0 Å². The number of benzene rings is 2. The fourth-order valence-corrected chi connectivity index (χ4v) is 4.40. The maximum atomic E-state index is 13.5. The monoisotopic (exact) mass is 461 g/mol. The molecule has 0 bridgehead atoms. The molecule has 174 valence electrons. The molecule has 0 spiro atoms. The molecule has 1 N–H and O–H groups in total. The summed E-state index contributed by atoms with van der Waals surface area (Å²) < 4.78 is 31.5. The minimum Gasteiger partial charge on any atom is -0.497 e. The van der Waals surface area contributed by atoms with E-state index in [1.54, 1.807) is 63.4 Å². The van der Waals surface area contributed by atoms with Crippen LogP contribution in [0.3, 0.4) is 0 Å². The van der Waals surface area contributed by atoms with E-state index in [1.165, 1.54) is 11.9 Å². The highest BCUT2D eigenvalue weighted by atomic mass is 32.2. The van der Waals surface area contributed by atoms with E-state index < -0.39 is 28.5 Å². The number of likely N-dealkylation sites (N-methyl/N-ethyl adjacent to an activating group) is 1. The average molecular weight is 462 g/mol. The van der Waals surface area contributed by atoms with Crippen molar-refractivity contribution in [3.8, 4) is 5.75 Å². The third-order valence-electron chi connectivity index (χ3n) is 5.18. The van der Waals surface area contributed by atoms with Crippen molar-refractivity contribution in [2.45, 2.75) is 32.9 Å². The van der Waals surface area contributed by atoms with Crippen LogP contribution in [-0.4, -0.2) is 58.1 Å². The van der Waals surface area contributed by atoms with Crippen LogP contribution in [0.2, 0.25) is 0 Å². The highest BCUT2D eigenvalue weighted by molar-refractivity contribution is 7.92. The second kappa shape index (κ2) is 11.0. The van der Waals surface area contributed by atoms with Crippen molar-refractivity contribution >= 4 is 27.5 Å². The summed E-state index contributed by atoms with van der Waals surface area (Å²) in [5, 5.41) is 2.59. The molecule has 0 radical (unpaired) electrons. The third kappa shape index (κ3) is 6.23. The number of nitrogens with one attached hydrogen (secondary N) is 1. The number of amides is 2. The molecule has 2 aromatic carbocycles. The highest BCUT2D eigenvalue weighted by Gasteiger charge is 2.31. The van der Waals surface area contributed by atoms with Crippen LogP contribution in [0.4, 0.5) is 5.69 Å². The van der Waals surface area contributed by atoms with Crippen LogP contribution in [0.5, 0.6) is 5.75 Å². The molecule has 0 aromatic heterocycles. The number of hydrogen-bond donors (Lipinski definition) is 1. The zero-order valence-corrected chi connectivity index (χ0v) is 20.0. The van der Waals surface area contributed by atoms with Gasteiger partial charge in [0.2, 0.25) is 21.8 Å². The molecule has 1 atom stereocenters. The van der Waals surface area contributed by atoms with Gasteiger partial charge in [0.05, 0.1) is 19.1 Å². The second-order valence-corrected chi connectivity index (χ2v) is 9.37. The first-order valence-corrected chi connectivity index (χ1v) is 12.1. The molecule has 0 heterocycles. The van der Waals surface area contributed by atoms with E-state index in [2.05, 4.69) is 5.32 Å². The van der Waals surface area contributed by atoms with E-state index in [0.717, 1.165) is 21.7 Å². The summed E-state index contributed by atoms with van der Waals surface area (Å²) in [5.41, 5.74) is 1.92.